The zero-order chi connectivity index (χ0) is 14.8. The second-order valence-electron chi connectivity index (χ2n) is 5.27. The SMILES string of the molecule is Cn1c(=O)oc2ccc(-c3ccn(C4CC4(F)F)n3)cc21. The van der Waals surface area contributed by atoms with E-state index < -0.39 is 17.7 Å². The Morgan fingerprint density at radius 1 is 1.38 bits per heavy atom. The summed E-state index contributed by atoms with van der Waals surface area (Å²) in [5.41, 5.74) is 2.47. The number of alkyl halides is 2. The van der Waals surface area contributed by atoms with Gasteiger partial charge in [0.05, 0.1) is 11.2 Å². The van der Waals surface area contributed by atoms with Gasteiger partial charge >= 0.3 is 5.76 Å². The van der Waals surface area contributed by atoms with Crippen molar-refractivity contribution in [1.82, 2.24) is 14.3 Å². The quantitative estimate of drug-likeness (QED) is 0.729. The highest BCUT2D eigenvalue weighted by molar-refractivity contribution is 5.79. The maximum atomic E-state index is 13.0. The fourth-order valence-electron chi connectivity index (χ4n) is 2.44. The van der Waals surface area contributed by atoms with Crippen molar-refractivity contribution >= 4 is 11.1 Å². The summed E-state index contributed by atoms with van der Waals surface area (Å²) in [5.74, 6) is -3.09. The van der Waals surface area contributed by atoms with Crippen LogP contribution in [0.3, 0.4) is 0 Å². The number of hydrogen-bond donors (Lipinski definition) is 0. The highest BCUT2D eigenvalue weighted by Crippen LogP contribution is 2.52. The number of nitrogens with zero attached hydrogens (tertiary/aromatic N) is 3. The molecule has 0 amide bonds. The van der Waals surface area contributed by atoms with Crippen molar-refractivity contribution in [3.8, 4) is 11.3 Å². The molecule has 5 nitrogen and oxygen atoms in total. The zero-order valence-electron chi connectivity index (χ0n) is 11.1. The van der Waals surface area contributed by atoms with Gasteiger partial charge in [0.15, 0.2) is 5.58 Å². The first-order valence-corrected chi connectivity index (χ1v) is 6.49. The third-order valence-electron chi connectivity index (χ3n) is 3.81. The Balaban J connectivity index is 1.76. The second kappa shape index (κ2) is 3.81. The molecule has 0 spiro atoms. The predicted octanol–water partition coefficient (Wildman–Crippen LogP) is 2.58. The Hall–Kier alpha value is -2.44. The van der Waals surface area contributed by atoms with Gasteiger partial charge in [-0.3, -0.25) is 9.25 Å². The van der Waals surface area contributed by atoms with Crippen molar-refractivity contribution in [1.29, 1.82) is 0 Å². The summed E-state index contributed by atoms with van der Waals surface area (Å²) in [7, 11) is 1.61. The van der Waals surface area contributed by atoms with E-state index in [2.05, 4.69) is 5.10 Å². The van der Waals surface area contributed by atoms with Crippen molar-refractivity contribution in [2.24, 2.45) is 7.05 Å². The number of aryl methyl sites for hydroxylation is 1. The Kier molecular flexibility index (Phi) is 2.23. The molecule has 2 heterocycles. The lowest BCUT2D eigenvalue weighted by Gasteiger charge is -2.00. The Bertz CT molecular complexity index is 906. The molecule has 1 atom stereocenters. The van der Waals surface area contributed by atoms with Crippen LogP contribution in [0.1, 0.15) is 12.5 Å². The average Bonchev–Trinajstić information content (AvgIpc) is 2.81. The first kappa shape index (κ1) is 12.3. The first-order valence-electron chi connectivity index (χ1n) is 6.49. The molecule has 0 saturated heterocycles. The Labute approximate surface area is 117 Å². The highest BCUT2D eigenvalue weighted by atomic mass is 19.3. The number of rotatable bonds is 2. The number of halogens is 2. The third kappa shape index (κ3) is 1.80. The lowest BCUT2D eigenvalue weighted by Crippen LogP contribution is -2.08. The topological polar surface area (TPSA) is 53.0 Å². The Morgan fingerprint density at radius 2 is 2.14 bits per heavy atom. The van der Waals surface area contributed by atoms with Crippen molar-refractivity contribution < 1.29 is 13.2 Å². The zero-order valence-corrected chi connectivity index (χ0v) is 11.1. The molecule has 4 rings (SSSR count). The van der Waals surface area contributed by atoms with E-state index in [4.69, 9.17) is 4.42 Å². The maximum absolute atomic E-state index is 13.0. The van der Waals surface area contributed by atoms with Gasteiger partial charge in [0.2, 0.25) is 0 Å². The molecule has 1 saturated carbocycles. The van der Waals surface area contributed by atoms with Gasteiger partial charge in [-0.25, -0.2) is 13.6 Å². The van der Waals surface area contributed by atoms with Crippen molar-refractivity contribution in [2.75, 3.05) is 0 Å². The lowest BCUT2D eigenvalue weighted by atomic mass is 10.1. The number of hydrogen-bond acceptors (Lipinski definition) is 3. The molecular formula is C14H11F2N3O2. The lowest BCUT2D eigenvalue weighted by molar-refractivity contribution is 0.0984. The van der Waals surface area contributed by atoms with Crippen LogP contribution < -0.4 is 5.76 Å². The van der Waals surface area contributed by atoms with E-state index in [1.165, 1.54) is 9.25 Å². The van der Waals surface area contributed by atoms with Crippen LogP contribution in [-0.2, 0) is 7.05 Å². The van der Waals surface area contributed by atoms with Crippen molar-refractivity contribution in [2.45, 2.75) is 18.4 Å². The molecule has 2 aromatic heterocycles. The monoisotopic (exact) mass is 291 g/mol. The number of oxazole rings is 1. The van der Waals surface area contributed by atoms with E-state index >= 15 is 0 Å². The number of fused-ring (bicyclic) bond motifs is 1. The molecule has 0 aliphatic heterocycles. The molecule has 1 aliphatic rings. The normalized spacial score (nSPS) is 20.0. The molecule has 0 N–H and O–H groups in total. The van der Waals surface area contributed by atoms with Gasteiger partial charge < -0.3 is 4.42 Å². The van der Waals surface area contributed by atoms with E-state index in [0.717, 1.165) is 5.56 Å². The second-order valence-corrected chi connectivity index (χ2v) is 5.27. The standard InChI is InChI=1S/C14H11F2N3O2/c1-18-10-6-8(2-3-11(10)21-13(18)20)9-4-5-19(17-9)12-7-14(12,15)16/h2-6,12H,7H2,1H3. The number of aromatic nitrogens is 3. The van der Waals surface area contributed by atoms with E-state index in [9.17, 15) is 13.6 Å². The van der Waals surface area contributed by atoms with Gasteiger partial charge in [-0.15, -0.1) is 0 Å². The summed E-state index contributed by atoms with van der Waals surface area (Å²) in [5, 5.41) is 4.20. The van der Waals surface area contributed by atoms with Crippen LogP contribution in [0, 0.1) is 0 Å². The average molecular weight is 291 g/mol. The molecule has 1 unspecified atom stereocenters. The molecule has 108 valence electrons. The van der Waals surface area contributed by atoms with Crippen LogP contribution in [0.2, 0.25) is 0 Å². The van der Waals surface area contributed by atoms with Gasteiger partial charge in [-0.2, -0.15) is 5.10 Å². The smallest absolute Gasteiger partial charge is 0.408 e. The van der Waals surface area contributed by atoms with Crippen LogP contribution in [0.15, 0.2) is 39.7 Å². The minimum Gasteiger partial charge on any atom is -0.408 e. The largest absolute Gasteiger partial charge is 0.419 e. The molecule has 0 radical (unpaired) electrons. The van der Waals surface area contributed by atoms with Gasteiger partial charge in [0.25, 0.3) is 5.92 Å². The van der Waals surface area contributed by atoms with Crippen LogP contribution in [0.25, 0.3) is 22.4 Å². The summed E-state index contributed by atoms with van der Waals surface area (Å²) in [6.07, 6.45) is 1.39. The van der Waals surface area contributed by atoms with Crippen LogP contribution in [0.4, 0.5) is 8.78 Å². The van der Waals surface area contributed by atoms with Gasteiger partial charge in [-0.1, -0.05) is 0 Å². The van der Waals surface area contributed by atoms with Crippen molar-refractivity contribution in [3.63, 3.8) is 0 Å². The molecule has 3 aromatic rings. The molecule has 0 bridgehead atoms. The van der Waals surface area contributed by atoms with Crippen LogP contribution in [0.5, 0.6) is 0 Å². The molecule has 1 aromatic carbocycles. The third-order valence-corrected chi connectivity index (χ3v) is 3.81. The van der Waals surface area contributed by atoms with E-state index in [-0.39, 0.29) is 6.42 Å². The summed E-state index contributed by atoms with van der Waals surface area (Å²) in [6.45, 7) is 0. The first-order chi connectivity index (χ1) is 9.95. The minimum atomic E-state index is -2.65. The summed E-state index contributed by atoms with van der Waals surface area (Å²) >= 11 is 0. The van der Waals surface area contributed by atoms with E-state index in [1.807, 2.05) is 0 Å². The summed E-state index contributed by atoms with van der Waals surface area (Å²) < 4.78 is 33.8. The number of benzene rings is 1. The van der Waals surface area contributed by atoms with Crippen molar-refractivity contribution in [3.05, 3.63) is 41.0 Å². The van der Waals surface area contributed by atoms with Crippen LogP contribution >= 0.6 is 0 Å². The van der Waals surface area contributed by atoms with Gasteiger partial charge in [0, 0.05) is 25.2 Å². The fraction of sp³-hybridized carbons (Fsp3) is 0.286. The van der Waals surface area contributed by atoms with E-state index in [0.29, 0.717) is 16.8 Å². The molecule has 1 fully saturated rings. The van der Waals surface area contributed by atoms with Gasteiger partial charge in [0.1, 0.15) is 6.04 Å². The molecular weight excluding hydrogens is 280 g/mol. The molecule has 1 aliphatic carbocycles. The maximum Gasteiger partial charge on any atom is 0.419 e. The highest BCUT2D eigenvalue weighted by Gasteiger charge is 2.59. The molecule has 7 heteroatoms. The summed E-state index contributed by atoms with van der Waals surface area (Å²) in [6, 6.07) is 6.04. The van der Waals surface area contributed by atoms with Crippen LogP contribution in [-0.4, -0.2) is 20.3 Å². The minimum absolute atomic E-state index is 0.163. The van der Waals surface area contributed by atoms with Gasteiger partial charge in [-0.05, 0) is 24.3 Å². The predicted molar refractivity (Wildman–Crippen MR) is 71.3 cm³/mol. The summed E-state index contributed by atoms with van der Waals surface area (Å²) in [4.78, 5) is 11.5. The Morgan fingerprint density at radius 3 is 2.86 bits per heavy atom. The van der Waals surface area contributed by atoms with E-state index in [1.54, 1.807) is 37.5 Å². The fourth-order valence-corrected chi connectivity index (χ4v) is 2.44. The molecule has 21 heavy (non-hydrogen) atoms.